The predicted molar refractivity (Wildman–Crippen MR) is 89.2 cm³/mol. The molecule has 2 aromatic carbocycles. The molecule has 0 radical (unpaired) electrons. The van der Waals surface area contributed by atoms with E-state index in [9.17, 15) is 4.79 Å². The van der Waals surface area contributed by atoms with E-state index in [0.717, 1.165) is 22.4 Å². The van der Waals surface area contributed by atoms with Crippen LogP contribution in [0.2, 0.25) is 0 Å². The Morgan fingerprint density at radius 1 is 0.955 bits per heavy atom. The Kier molecular flexibility index (Phi) is 3.96. The van der Waals surface area contributed by atoms with Crippen LogP contribution in [0.4, 0.5) is 5.69 Å². The average molecular weight is 292 g/mol. The average Bonchev–Trinajstić information content (AvgIpc) is 2.75. The van der Waals surface area contributed by atoms with E-state index in [0.29, 0.717) is 6.54 Å². The third-order valence-corrected chi connectivity index (χ3v) is 4.17. The summed E-state index contributed by atoms with van der Waals surface area (Å²) in [6.07, 6.45) is -0.0879. The molecule has 0 unspecified atom stereocenters. The topological polar surface area (TPSA) is 32.3 Å². The van der Waals surface area contributed by atoms with Gasteiger partial charge in [0.15, 0.2) is 0 Å². The maximum Gasteiger partial charge on any atom is 0.251 e. The molecule has 1 amide bonds. The zero-order valence-corrected chi connectivity index (χ0v) is 12.9. The van der Waals surface area contributed by atoms with E-state index >= 15 is 0 Å². The molecule has 2 aromatic rings. The van der Waals surface area contributed by atoms with Crippen LogP contribution in [0.3, 0.4) is 0 Å². The molecule has 0 saturated carbocycles. The van der Waals surface area contributed by atoms with Gasteiger partial charge in [-0.25, -0.2) is 0 Å². The first-order chi connectivity index (χ1) is 10.7. The van der Waals surface area contributed by atoms with Crippen molar-refractivity contribution in [3.8, 4) is 0 Å². The minimum Gasteiger partial charge on any atom is -0.362 e. The van der Waals surface area contributed by atoms with Crippen LogP contribution < -0.4 is 5.32 Å². The smallest absolute Gasteiger partial charge is 0.251 e. The Morgan fingerprint density at radius 2 is 1.55 bits per heavy atom. The van der Waals surface area contributed by atoms with Crippen LogP contribution in [0.1, 0.15) is 19.4 Å². The van der Waals surface area contributed by atoms with Gasteiger partial charge in [0.25, 0.3) is 5.91 Å². The van der Waals surface area contributed by atoms with Gasteiger partial charge in [-0.3, -0.25) is 4.79 Å². The van der Waals surface area contributed by atoms with E-state index in [2.05, 4.69) is 17.4 Å². The second-order valence-corrected chi connectivity index (χ2v) is 5.64. The highest BCUT2D eigenvalue weighted by molar-refractivity contribution is 5.97. The van der Waals surface area contributed by atoms with E-state index in [1.165, 1.54) is 0 Å². The molecule has 0 aliphatic carbocycles. The highest BCUT2D eigenvalue weighted by Crippen LogP contribution is 2.28. The number of amides is 1. The van der Waals surface area contributed by atoms with Gasteiger partial charge in [-0.2, -0.15) is 0 Å². The first kappa shape index (κ1) is 14.4. The van der Waals surface area contributed by atoms with Gasteiger partial charge in [-0.1, -0.05) is 48.5 Å². The number of nitrogens with one attached hydrogen (secondary N) is 1. The molecule has 1 heterocycles. The second kappa shape index (κ2) is 6.06. The molecule has 1 aliphatic heterocycles. The van der Waals surface area contributed by atoms with Crippen LogP contribution in [0.5, 0.6) is 0 Å². The fourth-order valence-electron chi connectivity index (χ4n) is 2.76. The van der Waals surface area contributed by atoms with Crippen molar-refractivity contribution in [2.45, 2.75) is 26.6 Å². The lowest BCUT2D eigenvalue weighted by Gasteiger charge is -2.28. The van der Waals surface area contributed by atoms with Crippen LogP contribution >= 0.6 is 0 Å². The molecule has 0 fully saturated rings. The fraction of sp³-hybridized carbons (Fsp3) is 0.211. The van der Waals surface area contributed by atoms with Gasteiger partial charge >= 0.3 is 0 Å². The molecule has 1 atom stereocenters. The number of carbonyl (C=O) groups excluding carboxylic acids is 1. The maximum absolute atomic E-state index is 12.5. The Morgan fingerprint density at radius 3 is 2.18 bits per heavy atom. The molecule has 0 aromatic heterocycles. The molecular formula is C19H20N2O. The number of para-hydroxylation sites is 1. The van der Waals surface area contributed by atoms with Crippen molar-refractivity contribution in [2.75, 3.05) is 5.32 Å². The number of benzene rings is 2. The summed E-state index contributed by atoms with van der Waals surface area (Å²) in [5.41, 5.74) is 4.08. The summed E-state index contributed by atoms with van der Waals surface area (Å²) >= 11 is 0. The van der Waals surface area contributed by atoms with Crippen molar-refractivity contribution in [1.82, 2.24) is 4.90 Å². The first-order valence-corrected chi connectivity index (χ1v) is 7.50. The molecule has 112 valence electrons. The number of carbonyl (C=O) groups is 1. The number of hydrogen-bond acceptors (Lipinski definition) is 2. The van der Waals surface area contributed by atoms with Crippen molar-refractivity contribution in [3.63, 3.8) is 0 Å². The molecule has 0 saturated heterocycles. The van der Waals surface area contributed by atoms with Crippen LogP contribution in [0, 0.1) is 0 Å². The van der Waals surface area contributed by atoms with E-state index in [1.54, 1.807) is 0 Å². The van der Waals surface area contributed by atoms with Crippen LogP contribution in [0.25, 0.3) is 0 Å². The van der Waals surface area contributed by atoms with E-state index in [4.69, 9.17) is 0 Å². The number of anilines is 1. The molecule has 3 nitrogen and oxygen atoms in total. The third-order valence-electron chi connectivity index (χ3n) is 4.17. The van der Waals surface area contributed by atoms with Crippen molar-refractivity contribution >= 4 is 11.6 Å². The van der Waals surface area contributed by atoms with Crippen molar-refractivity contribution in [1.29, 1.82) is 0 Å². The highest BCUT2D eigenvalue weighted by Gasteiger charge is 2.34. The van der Waals surface area contributed by atoms with Crippen molar-refractivity contribution in [3.05, 3.63) is 77.4 Å². The first-order valence-electron chi connectivity index (χ1n) is 7.50. The van der Waals surface area contributed by atoms with Gasteiger partial charge < -0.3 is 10.2 Å². The van der Waals surface area contributed by atoms with E-state index in [1.807, 2.05) is 67.3 Å². The summed E-state index contributed by atoms with van der Waals surface area (Å²) in [5, 5.41) is 3.47. The normalized spacial score (nSPS) is 18.0. The second-order valence-electron chi connectivity index (χ2n) is 5.64. The van der Waals surface area contributed by atoms with Crippen molar-refractivity contribution < 1.29 is 4.79 Å². The quantitative estimate of drug-likeness (QED) is 0.929. The Labute approximate surface area is 131 Å². The molecule has 3 rings (SSSR count). The maximum atomic E-state index is 12.5. The summed E-state index contributed by atoms with van der Waals surface area (Å²) in [6.45, 7) is 4.54. The summed E-state index contributed by atoms with van der Waals surface area (Å²) in [7, 11) is 0. The van der Waals surface area contributed by atoms with Gasteiger partial charge in [-0.05, 0) is 37.1 Å². The molecule has 3 heteroatoms. The molecule has 0 bridgehead atoms. The van der Waals surface area contributed by atoms with Gasteiger partial charge in [0.05, 0.1) is 0 Å². The summed E-state index contributed by atoms with van der Waals surface area (Å²) in [5.74, 6) is 0.106. The van der Waals surface area contributed by atoms with Gasteiger partial charge in [-0.15, -0.1) is 0 Å². The van der Waals surface area contributed by atoms with E-state index in [-0.39, 0.29) is 12.1 Å². The summed E-state index contributed by atoms with van der Waals surface area (Å²) in [4.78, 5) is 14.4. The number of rotatable bonds is 4. The third kappa shape index (κ3) is 2.75. The zero-order valence-electron chi connectivity index (χ0n) is 12.9. The number of hydrogen-bond donors (Lipinski definition) is 1. The SMILES string of the molecule is CC1=C(C)[C@H](Nc2ccccc2)N(Cc2ccccc2)C1=O. The van der Waals surface area contributed by atoms with Gasteiger partial charge in [0.1, 0.15) is 6.17 Å². The molecule has 1 aliphatic rings. The molecule has 1 N–H and O–H groups in total. The van der Waals surface area contributed by atoms with Crippen LogP contribution in [-0.4, -0.2) is 17.0 Å². The molecule has 0 spiro atoms. The Balaban J connectivity index is 1.85. The monoisotopic (exact) mass is 292 g/mol. The number of nitrogens with zero attached hydrogens (tertiary/aromatic N) is 1. The lowest BCUT2D eigenvalue weighted by Crippen LogP contribution is -2.40. The minimum absolute atomic E-state index is 0.0879. The van der Waals surface area contributed by atoms with Crippen LogP contribution in [0.15, 0.2) is 71.8 Å². The largest absolute Gasteiger partial charge is 0.362 e. The predicted octanol–water partition coefficient (Wildman–Crippen LogP) is 3.80. The van der Waals surface area contributed by atoms with Crippen molar-refractivity contribution in [2.24, 2.45) is 0 Å². The standard InChI is InChI=1S/C19H20N2O/c1-14-15(2)19(22)21(13-16-9-5-3-6-10-16)18(14)20-17-11-7-4-8-12-17/h3-12,18,20H,13H2,1-2H3/t18-/m1/s1. The minimum atomic E-state index is -0.0879. The van der Waals surface area contributed by atoms with Gasteiger partial charge in [0, 0.05) is 17.8 Å². The molecular weight excluding hydrogens is 272 g/mol. The zero-order chi connectivity index (χ0) is 15.5. The summed E-state index contributed by atoms with van der Waals surface area (Å²) in [6, 6.07) is 20.1. The lowest BCUT2D eigenvalue weighted by molar-refractivity contribution is -0.127. The Bertz CT molecular complexity index is 692. The summed E-state index contributed by atoms with van der Waals surface area (Å²) < 4.78 is 0. The lowest BCUT2D eigenvalue weighted by atomic mass is 10.1. The molecule has 22 heavy (non-hydrogen) atoms. The van der Waals surface area contributed by atoms with E-state index < -0.39 is 0 Å². The van der Waals surface area contributed by atoms with Crippen LogP contribution in [-0.2, 0) is 11.3 Å². The Hall–Kier alpha value is -2.55. The fourth-order valence-corrected chi connectivity index (χ4v) is 2.76. The van der Waals surface area contributed by atoms with Gasteiger partial charge in [0.2, 0.25) is 0 Å². The highest BCUT2D eigenvalue weighted by atomic mass is 16.2.